The average molecular weight is 278 g/mol. The summed E-state index contributed by atoms with van der Waals surface area (Å²) in [5.41, 5.74) is 6.24. The van der Waals surface area contributed by atoms with Crippen LogP contribution in [0.5, 0.6) is 0 Å². The highest BCUT2D eigenvalue weighted by molar-refractivity contribution is 6.05. The van der Waals surface area contributed by atoms with Gasteiger partial charge in [0.05, 0.1) is 17.9 Å². The summed E-state index contributed by atoms with van der Waals surface area (Å²) in [7, 11) is 0. The van der Waals surface area contributed by atoms with E-state index in [1.807, 2.05) is 0 Å². The second kappa shape index (κ2) is 5.47. The molecule has 0 spiro atoms. The van der Waals surface area contributed by atoms with Crippen LogP contribution >= 0.6 is 0 Å². The fourth-order valence-electron chi connectivity index (χ4n) is 4.45. The lowest BCUT2D eigenvalue weighted by atomic mass is 9.99. The van der Waals surface area contributed by atoms with Gasteiger partial charge in [0.2, 0.25) is 11.8 Å². The molecule has 1 heterocycles. The van der Waals surface area contributed by atoms with Crippen molar-refractivity contribution in [2.75, 3.05) is 0 Å². The number of nitrogens with zero attached hydrogens (tertiary/aromatic N) is 1. The second-order valence-corrected chi connectivity index (χ2v) is 6.87. The molecule has 0 bridgehead atoms. The molecule has 2 aliphatic carbocycles. The number of hydrogen-bond donors (Lipinski definition) is 1. The second-order valence-electron chi connectivity index (χ2n) is 6.87. The average Bonchev–Trinajstić information content (AvgIpc) is 2.88. The summed E-state index contributed by atoms with van der Waals surface area (Å²) in [6, 6.07) is -0.0608. The normalized spacial score (nSPS) is 41.9. The van der Waals surface area contributed by atoms with Crippen LogP contribution in [0.2, 0.25) is 0 Å². The number of carbonyl (C=O) groups excluding carboxylic acids is 2. The quantitative estimate of drug-likeness (QED) is 0.621. The van der Waals surface area contributed by atoms with E-state index in [0.29, 0.717) is 5.92 Å². The Kier molecular flexibility index (Phi) is 3.85. The molecule has 4 unspecified atom stereocenters. The lowest BCUT2D eigenvalue weighted by Gasteiger charge is -2.31. The van der Waals surface area contributed by atoms with E-state index in [-0.39, 0.29) is 35.7 Å². The number of hydrogen-bond acceptors (Lipinski definition) is 3. The van der Waals surface area contributed by atoms with Crippen LogP contribution < -0.4 is 5.73 Å². The fourth-order valence-corrected chi connectivity index (χ4v) is 4.45. The highest BCUT2D eigenvalue weighted by Crippen LogP contribution is 2.45. The predicted octanol–water partition coefficient (Wildman–Crippen LogP) is 2.07. The first-order chi connectivity index (χ1) is 9.63. The summed E-state index contributed by atoms with van der Waals surface area (Å²) in [6.45, 7) is 2.15. The summed E-state index contributed by atoms with van der Waals surface area (Å²) in [4.78, 5) is 26.9. The molecule has 3 aliphatic rings. The van der Waals surface area contributed by atoms with Crippen molar-refractivity contribution in [1.29, 1.82) is 0 Å². The Morgan fingerprint density at radius 3 is 2.25 bits per heavy atom. The summed E-state index contributed by atoms with van der Waals surface area (Å²) in [5, 5.41) is 0. The van der Waals surface area contributed by atoms with Gasteiger partial charge in [-0.25, -0.2) is 0 Å². The van der Waals surface area contributed by atoms with Crippen molar-refractivity contribution in [3.05, 3.63) is 0 Å². The van der Waals surface area contributed by atoms with Gasteiger partial charge in [0.25, 0.3) is 0 Å². The van der Waals surface area contributed by atoms with Crippen molar-refractivity contribution in [1.82, 2.24) is 4.90 Å². The number of amides is 2. The van der Waals surface area contributed by atoms with E-state index in [4.69, 9.17) is 5.73 Å². The van der Waals surface area contributed by atoms with Crippen LogP contribution in [0.3, 0.4) is 0 Å². The van der Waals surface area contributed by atoms with Crippen molar-refractivity contribution < 1.29 is 9.59 Å². The molecule has 3 rings (SSSR count). The molecule has 20 heavy (non-hydrogen) atoms. The summed E-state index contributed by atoms with van der Waals surface area (Å²) < 4.78 is 0. The van der Waals surface area contributed by atoms with Crippen LogP contribution in [0.25, 0.3) is 0 Å². The van der Waals surface area contributed by atoms with E-state index in [2.05, 4.69) is 6.92 Å². The fraction of sp³-hybridized carbons (Fsp3) is 0.875. The third-order valence-corrected chi connectivity index (χ3v) is 5.71. The van der Waals surface area contributed by atoms with E-state index in [1.54, 1.807) is 4.90 Å². The Labute approximate surface area is 121 Å². The molecule has 0 aromatic carbocycles. The van der Waals surface area contributed by atoms with Crippen LogP contribution in [0, 0.1) is 17.8 Å². The largest absolute Gasteiger partial charge is 0.326 e. The predicted molar refractivity (Wildman–Crippen MR) is 76.7 cm³/mol. The van der Waals surface area contributed by atoms with Crippen LogP contribution in [-0.2, 0) is 9.59 Å². The molecule has 1 aliphatic heterocycles. The van der Waals surface area contributed by atoms with Crippen LogP contribution in [0.1, 0.15) is 58.3 Å². The zero-order chi connectivity index (χ0) is 14.3. The summed E-state index contributed by atoms with van der Waals surface area (Å²) in [6.07, 6.45) is 8.11. The van der Waals surface area contributed by atoms with Gasteiger partial charge in [-0.05, 0) is 31.6 Å². The molecular formula is C16H26N2O2. The van der Waals surface area contributed by atoms with Gasteiger partial charge < -0.3 is 5.73 Å². The van der Waals surface area contributed by atoms with Crippen molar-refractivity contribution >= 4 is 11.8 Å². The standard InChI is InChI=1S/C16H26N2O2/c1-2-10-8-11-12(9-10)16(20)18(15(11)19)14-7-5-3-4-6-13(14)17/h10-14H,2-9,17H2,1H3. The minimum absolute atomic E-state index is 0.0220. The maximum atomic E-state index is 12.7. The molecule has 2 saturated carbocycles. The van der Waals surface area contributed by atoms with Gasteiger partial charge in [-0.1, -0.05) is 32.6 Å². The van der Waals surface area contributed by atoms with Gasteiger partial charge in [-0.3, -0.25) is 14.5 Å². The Morgan fingerprint density at radius 1 is 1.05 bits per heavy atom. The molecule has 0 aromatic heterocycles. The van der Waals surface area contributed by atoms with Crippen molar-refractivity contribution in [2.24, 2.45) is 23.5 Å². The first-order valence-electron chi connectivity index (χ1n) is 8.26. The lowest BCUT2D eigenvalue weighted by molar-refractivity contribution is -0.144. The van der Waals surface area contributed by atoms with E-state index in [0.717, 1.165) is 44.9 Å². The smallest absolute Gasteiger partial charge is 0.233 e. The molecule has 0 radical (unpaired) electrons. The number of likely N-dealkylation sites (tertiary alicyclic amines) is 1. The SMILES string of the molecule is CCC1CC2C(=O)N(C3CCCCCC3N)C(=O)C2C1. The van der Waals surface area contributed by atoms with Crippen LogP contribution in [0.4, 0.5) is 0 Å². The van der Waals surface area contributed by atoms with Crippen molar-refractivity contribution in [2.45, 2.75) is 70.4 Å². The van der Waals surface area contributed by atoms with E-state index >= 15 is 0 Å². The van der Waals surface area contributed by atoms with E-state index < -0.39 is 0 Å². The highest BCUT2D eigenvalue weighted by atomic mass is 16.2. The Morgan fingerprint density at radius 2 is 1.65 bits per heavy atom. The van der Waals surface area contributed by atoms with Crippen molar-refractivity contribution in [3.63, 3.8) is 0 Å². The number of carbonyl (C=O) groups is 2. The number of fused-ring (bicyclic) bond motifs is 1. The zero-order valence-electron chi connectivity index (χ0n) is 12.4. The highest BCUT2D eigenvalue weighted by Gasteiger charge is 2.54. The molecule has 4 heteroatoms. The molecule has 4 atom stereocenters. The molecule has 112 valence electrons. The molecule has 3 fully saturated rings. The molecule has 4 nitrogen and oxygen atoms in total. The third-order valence-electron chi connectivity index (χ3n) is 5.71. The first kappa shape index (κ1) is 14.1. The number of imide groups is 1. The Bertz CT molecular complexity index is 385. The van der Waals surface area contributed by atoms with Gasteiger partial charge >= 0.3 is 0 Å². The van der Waals surface area contributed by atoms with Gasteiger partial charge in [-0.15, -0.1) is 0 Å². The molecule has 2 N–H and O–H groups in total. The lowest BCUT2D eigenvalue weighted by Crippen LogP contribution is -2.50. The summed E-state index contributed by atoms with van der Waals surface area (Å²) >= 11 is 0. The van der Waals surface area contributed by atoms with Gasteiger partial charge in [0.15, 0.2) is 0 Å². The maximum Gasteiger partial charge on any atom is 0.233 e. The number of nitrogens with two attached hydrogens (primary N) is 1. The third kappa shape index (κ3) is 2.18. The minimum atomic E-state index is -0.0390. The first-order valence-corrected chi connectivity index (χ1v) is 8.26. The summed E-state index contributed by atoms with van der Waals surface area (Å²) in [5.74, 6) is 0.644. The number of rotatable bonds is 2. The Hall–Kier alpha value is -0.900. The maximum absolute atomic E-state index is 12.7. The van der Waals surface area contributed by atoms with Gasteiger partial charge in [-0.2, -0.15) is 0 Å². The van der Waals surface area contributed by atoms with Gasteiger partial charge in [0.1, 0.15) is 0 Å². The molecule has 0 aromatic rings. The Balaban J connectivity index is 1.78. The topological polar surface area (TPSA) is 63.4 Å². The monoisotopic (exact) mass is 278 g/mol. The van der Waals surface area contributed by atoms with Crippen molar-refractivity contribution in [3.8, 4) is 0 Å². The molecular weight excluding hydrogens is 252 g/mol. The van der Waals surface area contributed by atoms with Gasteiger partial charge in [0, 0.05) is 6.04 Å². The van der Waals surface area contributed by atoms with E-state index in [1.165, 1.54) is 6.42 Å². The van der Waals surface area contributed by atoms with E-state index in [9.17, 15) is 9.59 Å². The molecule has 2 amide bonds. The zero-order valence-corrected chi connectivity index (χ0v) is 12.4. The molecule has 1 saturated heterocycles. The minimum Gasteiger partial charge on any atom is -0.326 e. The van der Waals surface area contributed by atoms with Crippen LogP contribution in [-0.4, -0.2) is 28.8 Å². The van der Waals surface area contributed by atoms with Crippen LogP contribution in [0.15, 0.2) is 0 Å².